The number of aryl methyl sites for hydroxylation is 2. The van der Waals surface area contributed by atoms with Crippen molar-refractivity contribution < 1.29 is 9.59 Å². The van der Waals surface area contributed by atoms with Crippen LogP contribution in [0.15, 0.2) is 18.2 Å². The molecule has 4 N–H and O–H groups in total. The smallest absolute Gasteiger partial charge is 0.269 e. The molecular formula is C12H17N3O2. The van der Waals surface area contributed by atoms with Crippen LogP contribution in [-0.2, 0) is 4.79 Å². The minimum absolute atomic E-state index is 0.188. The third-order valence-electron chi connectivity index (χ3n) is 2.46. The first-order valence-corrected chi connectivity index (χ1v) is 5.41. The second-order valence-corrected chi connectivity index (χ2v) is 3.84. The maximum Gasteiger partial charge on any atom is 0.269 e. The van der Waals surface area contributed by atoms with Gasteiger partial charge in [-0.25, -0.2) is 0 Å². The largest absolute Gasteiger partial charge is 0.330 e. The van der Waals surface area contributed by atoms with Gasteiger partial charge in [0.05, 0.1) is 0 Å². The van der Waals surface area contributed by atoms with Crippen LogP contribution in [0.5, 0.6) is 0 Å². The predicted octanol–water partition coefficient (Wildman–Crippen LogP) is 0.413. The van der Waals surface area contributed by atoms with E-state index in [9.17, 15) is 9.59 Å². The van der Waals surface area contributed by atoms with Crippen LogP contribution in [0.1, 0.15) is 27.9 Å². The van der Waals surface area contributed by atoms with Crippen molar-refractivity contribution in [3.8, 4) is 0 Å². The fraction of sp³-hybridized carbons (Fsp3) is 0.333. The minimum Gasteiger partial charge on any atom is -0.330 e. The number of hydrazine groups is 1. The van der Waals surface area contributed by atoms with E-state index in [0.717, 1.165) is 11.1 Å². The number of benzene rings is 1. The highest BCUT2D eigenvalue weighted by molar-refractivity contribution is 5.95. The zero-order valence-electron chi connectivity index (χ0n) is 10.0. The number of hydrogen-bond donors (Lipinski definition) is 3. The van der Waals surface area contributed by atoms with Gasteiger partial charge in [-0.2, -0.15) is 0 Å². The number of nitrogens with two attached hydrogens (primary N) is 1. The Morgan fingerprint density at radius 3 is 2.47 bits per heavy atom. The highest BCUT2D eigenvalue weighted by atomic mass is 16.2. The molecule has 0 aromatic heterocycles. The number of hydrogen-bond acceptors (Lipinski definition) is 3. The van der Waals surface area contributed by atoms with Gasteiger partial charge in [0.25, 0.3) is 5.91 Å². The van der Waals surface area contributed by atoms with E-state index in [-0.39, 0.29) is 24.8 Å². The lowest BCUT2D eigenvalue weighted by atomic mass is 10.1. The molecule has 92 valence electrons. The molecule has 0 fully saturated rings. The van der Waals surface area contributed by atoms with Crippen LogP contribution in [0.25, 0.3) is 0 Å². The van der Waals surface area contributed by atoms with E-state index < -0.39 is 0 Å². The molecule has 0 saturated carbocycles. The van der Waals surface area contributed by atoms with Crippen molar-refractivity contribution in [1.82, 2.24) is 10.9 Å². The van der Waals surface area contributed by atoms with E-state index >= 15 is 0 Å². The molecule has 0 atom stereocenters. The summed E-state index contributed by atoms with van der Waals surface area (Å²) >= 11 is 0. The van der Waals surface area contributed by atoms with Gasteiger partial charge in [0, 0.05) is 18.5 Å². The molecule has 1 aromatic carbocycles. The Kier molecular flexibility index (Phi) is 4.66. The molecule has 0 unspecified atom stereocenters. The van der Waals surface area contributed by atoms with E-state index in [1.807, 2.05) is 19.9 Å². The molecule has 5 heteroatoms. The third kappa shape index (κ3) is 3.88. The summed E-state index contributed by atoms with van der Waals surface area (Å²) in [7, 11) is 0. The average Bonchev–Trinajstić information content (AvgIpc) is 2.30. The topological polar surface area (TPSA) is 84.2 Å². The summed E-state index contributed by atoms with van der Waals surface area (Å²) in [6, 6.07) is 5.36. The van der Waals surface area contributed by atoms with Gasteiger partial charge in [0.2, 0.25) is 5.91 Å². The summed E-state index contributed by atoms with van der Waals surface area (Å²) in [5, 5.41) is 0. The summed E-state index contributed by atoms with van der Waals surface area (Å²) in [5.41, 5.74) is 12.5. The molecule has 0 aliphatic rings. The van der Waals surface area contributed by atoms with Crippen LogP contribution in [0.2, 0.25) is 0 Å². The standard InChI is InChI=1S/C12H17N3O2/c1-8-3-4-10(7-9(8)2)12(17)15-14-11(16)5-6-13/h3-4,7H,5-6,13H2,1-2H3,(H,14,16)(H,15,17). The lowest BCUT2D eigenvalue weighted by Crippen LogP contribution is -2.42. The van der Waals surface area contributed by atoms with E-state index in [2.05, 4.69) is 10.9 Å². The highest BCUT2D eigenvalue weighted by Gasteiger charge is 2.07. The second-order valence-electron chi connectivity index (χ2n) is 3.84. The van der Waals surface area contributed by atoms with Crippen LogP contribution >= 0.6 is 0 Å². The first-order chi connectivity index (χ1) is 8.04. The lowest BCUT2D eigenvalue weighted by molar-refractivity contribution is -0.121. The van der Waals surface area contributed by atoms with Crippen molar-refractivity contribution in [1.29, 1.82) is 0 Å². The molecule has 0 aliphatic carbocycles. The molecule has 1 aromatic rings. The normalized spacial score (nSPS) is 9.82. The number of carbonyl (C=O) groups is 2. The predicted molar refractivity (Wildman–Crippen MR) is 65.2 cm³/mol. The zero-order chi connectivity index (χ0) is 12.8. The maximum absolute atomic E-state index is 11.7. The van der Waals surface area contributed by atoms with Crippen molar-refractivity contribution in [2.45, 2.75) is 20.3 Å². The van der Waals surface area contributed by atoms with Gasteiger partial charge >= 0.3 is 0 Å². The molecule has 0 bridgehead atoms. The summed E-state index contributed by atoms with van der Waals surface area (Å²) in [4.78, 5) is 22.8. The van der Waals surface area contributed by atoms with Gasteiger partial charge in [-0.1, -0.05) is 6.07 Å². The van der Waals surface area contributed by atoms with Gasteiger partial charge in [-0.15, -0.1) is 0 Å². The Morgan fingerprint density at radius 2 is 1.88 bits per heavy atom. The van der Waals surface area contributed by atoms with E-state index in [1.165, 1.54) is 0 Å². The fourth-order valence-corrected chi connectivity index (χ4v) is 1.27. The second kappa shape index (κ2) is 6.00. The molecule has 0 radical (unpaired) electrons. The highest BCUT2D eigenvalue weighted by Crippen LogP contribution is 2.09. The molecule has 17 heavy (non-hydrogen) atoms. The van der Waals surface area contributed by atoms with Gasteiger partial charge in [-0.3, -0.25) is 20.4 Å². The molecule has 0 heterocycles. The lowest BCUT2D eigenvalue weighted by Gasteiger charge is -2.08. The summed E-state index contributed by atoms with van der Waals surface area (Å²) < 4.78 is 0. The molecular weight excluding hydrogens is 218 g/mol. The Morgan fingerprint density at radius 1 is 1.18 bits per heavy atom. The Hall–Kier alpha value is -1.88. The van der Waals surface area contributed by atoms with Crippen LogP contribution in [0, 0.1) is 13.8 Å². The minimum atomic E-state index is -0.335. The van der Waals surface area contributed by atoms with Crippen molar-refractivity contribution in [2.75, 3.05) is 6.54 Å². The van der Waals surface area contributed by atoms with Crippen LogP contribution in [-0.4, -0.2) is 18.4 Å². The fourth-order valence-electron chi connectivity index (χ4n) is 1.27. The number of amides is 2. The van der Waals surface area contributed by atoms with Gasteiger partial charge < -0.3 is 5.73 Å². The summed E-state index contributed by atoms with van der Waals surface area (Å²) in [5.74, 6) is -0.636. The molecule has 2 amide bonds. The summed E-state index contributed by atoms with van der Waals surface area (Å²) in [6.45, 7) is 4.16. The summed E-state index contributed by atoms with van der Waals surface area (Å²) in [6.07, 6.45) is 0.188. The SMILES string of the molecule is Cc1ccc(C(=O)NNC(=O)CCN)cc1C. The number of carbonyl (C=O) groups excluding carboxylic acids is 2. The first-order valence-electron chi connectivity index (χ1n) is 5.41. The number of rotatable bonds is 3. The quantitative estimate of drug-likeness (QED) is 0.663. The van der Waals surface area contributed by atoms with Gasteiger partial charge in [-0.05, 0) is 37.1 Å². The Labute approximate surface area is 100 Å². The van der Waals surface area contributed by atoms with Crippen LogP contribution in [0.4, 0.5) is 0 Å². The zero-order valence-corrected chi connectivity index (χ0v) is 10.0. The van der Waals surface area contributed by atoms with Gasteiger partial charge in [0.1, 0.15) is 0 Å². The first kappa shape index (κ1) is 13.2. The van der Waals surface area contributed by atoms with Crippen LogP contribution in [0.3, 0.4) is 0 Å². The maximum atomic E-state index is 11.7. The Balaban J connectivity index is 2.58. The molecule has 0 spiro atoms. The number of nitrogens with one attached hydrogen (secondary N) is 2. The third-order valence-corrected chi connectivity index (χ3v) is 2.46. The van der Waals surface area contributed by atoms with E-state index in [1.54, 1.807) is 12.1 Å². The Bertz CT molecular complexity index is 430. The van der Waals surface area contributed by atoms with Crippen molar-refractivity contribution in [3.63, 3.8) is 0 Å². The molecule has 0 aliphatic heterocycles. The molecule has 5 nitrogen and oxygen atoms in total. The molecule has 1 rings (SSSR count). The van der Waals surface area contributed by atoms with Crippen LogP contribution < -0.4 is 16.6 Å². The van der Waals surface area contributed by atoms with E-state index in [4.69, 9.17) is 5.73 Å². The monoisotopic (exact) mass is 235 g/mol. The van der Waals surface area contributed by atoms with Crippen molar-refractivity contribution in [2.24, 2.45) is 5.73 Å². The molecule has 0 saturated heterocycles. The average molecular weight is 235 g/mol. The van der Waals surface area contributed by atoms with E-state index in [0.29, 0.717) is 5.56 Å². The van der Waals surface area contributed by atoms with Gasteiger partial charge in [0.15, 0.2) is 0 Å². The van der Waals surface area contributed by atoms with Crippen molar-refractivity contribution in [3.05, 3.63) is 34.9 Å². The van der Waals surface area contributed by atoms with Crippen molar-refractivity contribution >= 4 is 11.8 Å².